The van der Waals surface area contributed by atoms with Crippen molar-refractivity contribution in [2.75, 3.05) is 5.73 Å². The minimum Gasteiger partial charge on any atom is -0.382 e. The maximum Gasteiger partial charge on any atom is 0.241 e. The molecule has 0 aliphatic rings. The second-order valence-corrected chi connectivity index (χ2v) is 8.25. The molecule has 0 saturated carbocycles. The number of para-hydroxylation sites is 1. The highest BCUT2D eigenvalue weighted by molar-refractivity contribution is 5.99. The van der Waals surface area contributed by atoms with Gasteiger partial charge in [0.15, 0.2) is 5.65 Å². The maximum absolute atomic E-state index is 9.45. The highest BCUT2D eigenvalue weighted by atomic mass is 15.4. The summed E-state index contributed by atoms with van der Waals surface area (Å²) in [5, 5.41) is 32.7. The second-order valence-electron chi connectivity index (χ2n) is 8.25. The number of nitrogen functional groups attached to an aromatic ring is 1. The molecule has 0 unspecified atom stereocenters. The van der Waals surface area contributed by atoms with E-state index >= 15 is 0 Å². The minimum absolute atomic E-state index is 0.121. The SMILES string of the molecule is N#Cc1cnn(-c2nc3nnc(-c4ccccc4)c(-c4ccccc4)c3c(=N)n2-c2ccccc2)c1N. The van der Waals surface area contributed by atoms with E-state index in [0.29, 0.717) is 16.8 Å². The van der Waals surface area contributed by atoms with E-state index < -0.39 is 0 Å². The van der Waals surface area contributed by atoms with Gasteiger partial charge in [-0.05, 0) is 17.7 Å². The fraction of sp³-hybridized carbons (Fsp3) is 0. The summed E-state index contributed by atoms with van der Waals surface area (Å²) in [5.74, 6) is 0.346. The number of fused-ring (bicyclic) bond motifs is 1. The van der Waals surface area contributed by atoms with E-state index in [9.17, 15) is 10.7 Å². The summed E-state index contributed by atoms with van der Waals surface area (Å²) < 4.78 is 2.99. The summed E-state index contributed by atoms with van der Waals surface area (Å²) in [6.45, 7) is 0. The molecule has 0 aliphatic carbocycles. The molecule has 0 atom stereocenters. The third kappa shape index (κ3) is 3.61. The Morgan fingerprint density at radius 2 is 1.43 bits per heavy atom. The lowest BCUT2D eigenvalue weighted by atomic mass is 9.97. The van der Waals surface area contributed by atoms with Crippen LogP contribution in [0.1, 0.15) is 5.56 Å². The second kappa shape index (κ2) is 8.87. The Morgan fingerprint density at radius 1 is 0.811 bits per heavy atom. The molecular formula is C28H19N9. The van der Waals surface area contributed by atoms with Gasteiger partial charge in [0.1, 0.15) is 28.6 Å². The lowest BCUT2D eigenvalue weighted by Gasteiger charge is -2.18. The molecule has 6 rings (SSSR count). The van der Waals surface area contributed by atoms with Gasteiger partial charge in [-0.2, -0.15) is 20.0 Å². The van der Waals surface area contributed by atoms with Gasteiger partial charge in [0.05, 0.1) is 17.3 Å². The van der Waals surface area contributed by atoms with Gasteiger partial charge in [0, 0.05) is 11.1 Å². The molecule has 0 aliphatic heterocycles. The van der Waals surface area contributed by atoms with Gasteiger partial charge in [-0.25, -0.2) is 0 Å². The summed E-state index contributed by atoms with van der Waals surface area (Å²) in [6.07, 6.45) is 1.37. The van der Waals surface area contributed by atoms with Gasteiger partial charge in [0.25, 0.3) is 0 Å². The normalized spacial score (nSPS) is 10.9. The molecule has 0 fully saturated rings. The van der Waals surface area contributed by atoms with Gasteiger partial charge < -0.3 is 5.73 Å². The first-order chi connectivity index (χ1) is 18.2. The number of aromatic nitrogens is 6. The number of hydrogen-bond donors (Lipinski definition) is 2. The number of nitrogens with two attached hydrogens (primary N) is 1. The third-order valence-electron chi connectivity index (χ3n) is 6.06. The van der Waals surface area contributed by atoms with Crippen molar-refractivity contribution in [2.45, 2.75) is 0 Å². The predicted octanol–water partition coefficient (Wildman–Crippen LogP) is 4.27. The Kier molecular flexibility index (Phi) is 5.24. The van der Waals surface area contributed by atoms with Gasteiger partial charge in [-0.3, -0.25) is 9.98 Å². The highest BCUT2D eigenvalue weighted by Gasteiger charge is 2.22. The summed E-state index contributed by atoms with van der Waals surface area (Å²) >= 11 is 0. The molecule has 3 aromatic heterocycles. The largest absolute Gasteiger partial charge is 0.382 e. The van der Waals surface area contributed by atoms with Crippen LogP contribution in [0.15, 0.2) is 97.2 Å². The average molecular weight is 482 g/mol. The molecule has 37 heavy (non-hydrogen) atoms. The van der Waals surface area contributed by atoms with Crippen molar-refractivity contribution in [1.82, 2.24) is 29.5 Å². The van der Waals surface area contributed by atoms with E-state index in [1.54, 1.807) is 4.57 Å². The molecule has 0 radical (unpaired) electrons. The lowest BCUT2D eigenvalue weighted by Crippen LogP contribution is -2.27. The first-order valence-corrected chi connectivity index (χ1v) is 11.5. The Balaban J connectivity index is 1.78. The van der Waals surface area contributed by atoms with Crippen LogP contribution in [-0.4, -0.2) is 29.5 Å². The van der Waals surface area contributed by atoms with E-state index in [1.807, 2.05) is 97.1 Å². The van der Waals surface area contributed by atoms with E-state index in [4.69, 9.17) is 10.7 Å². The van der Waals surface area contributed by atoms with Crippen LogP contribution in [0, 0.1) is 16.7 Å². The Morgan fingerprint density at radius 3 is 2.05 bits per heavy atom. The zero-order valence-corrected chi connectivity index (χ0v) is 19.4. The molecule has 0 bridgehead atoms. The lowest BCUT2D eigenvalue weighted by molar-refractivity contribution is 0.753. The number of benzene rings is 3. The smallest absolute Gasteiger partial charge is 0.241 e. The molecule has 0 spiro atoms. The van der Waals surface area contributed by atoms with Gasteiger partial charge in [-0.15, -0.1) is 10.2 Å². The molecule has 6 aromatic rings. The first-order valence-electron chi connectivity index (χ1n) is 11.5. The number of nitrogens with zero attached hydrogens (tertiary/aromatic N) is 7. The number of nitriles is 1. The topological polar surface area (TPSA) is 135 Å². The highest BCUT2D eigenvalue weighted by Crippen LogP contribution is 2.34. The fourth-order valence-electron chi connectivity index (χ4n) is 4.34. The molecule has 176 valence electrons. The van der Waals surface area contributed by atoms with Crippen molar-refractivity contribution in [3.05, 3.63) is 108 Å². The summed E-state index contributed by atoms with van der Waals surface area (Å²) in [5.41, 5.74) is 10.7. The van der Waals surface area contributed by atoms with E-state index in [0.717, 1.165) is 16.7 Å². The number of hydrogen-bond acceptors (Lipinski definition) is 7. The minimum atomic E-state index is 0.121. The first kappa shape index (κ1) is 21.9. The monoisotopic (exact) mass is 481 g/mol. The van der Waals surface area contributed by atoms with Crippen molar-refractivity contribution in [1.29, 1.82) is 10.7 Å². The Bertz CT molecular complexity index is 1850. The molecule has 9 nitrogen and oxygen atoms in total. The molecule has 0 saturated heterocycles. The molecule has 3 heterocycles. The molecule has 3 aromatic carbocycles. The zero-order chi connectivity index (χ0) is 25.4. The summed E-state index contributed by atoms with van der Waals surface area (Å²) in [7, 11) is 0. The average Bonchev–Trinajstić information content (AvgIpc) is 3.33. The third-order valence-corrected chi connectivity index (χ3v) is 6.06. The van der Waals surface area contributed by atoms with Crippen molar-refractivity contribution in [3.63, 3.8) is 0 Å². The van der Waals surface area contributed by atoms with Gasteiger partial charge >= 0.3 is 0 Å². The quantitative estimate of drug-likeness (QED) is 0.386. The van der Waals surface area contributed by atoms with Crippen LogP contribution in [0.2, 0.25) is 0 Å². The Labute approximate surface area is 211 Å². The zero-order valence-electron chi connectivity index (χ0n) is 19.4. The van der Waals surface area contributed by atoms with Crippen LogP contribution in [0.4, 0.5) is 5.82 Å². The number of nitrogens with one attached hydrogen (secondary N) is 1. The fourth-order valence-corrected chi connectivity index (χ4v) is 4.34. The number of rotatable bonds is 4. The Hall–Kier alpha value is -5.62. The van der Waals surface area contributed by atoms with E-state index in [2.05, 4.69) is 15.3 Å². The van der Waals surface area contributed by atoms with E-state index in [-0.39, 0.29) is 28.5 Å². The summed E-state index contributed by atoms with van der Waals surface area (Å²) in [6, 6.07) is 31.0. The number of anilines is 1. The summed E-state index contributed by atoms with van der Waals surface area (Å²) in [4.78, 5) is 4.79. The molecule has 3 N–H and O–H groups in total. The molecular weight excluding hydrogens is 462 g/mol. The molecule has 0 amide bonds. The predicted molar refractivity (Wildman–Crippen MR) is 140 cm³/mol. The van der Waals surface area contributed by atoms with E-state index in [1.165, 1.54) is 10.9 Å². The van der Waals surface area contributed by atoms with Crippen molar-refractivity contribution in [2.24, 2.45) is 0 Å². The standard InChI is InChI=1S/C28H19N9/c29-16-20-17-32-37(25(20)30)28-33-27-23(26(31)36(28)21-14-8-3-9-15-21)22(18-10-4-1-5-11-18)24(34-35-27)19-12-6-2-7-13-19/h1-15,17,31H,30H2. The van der Waals surface area contributed by atoms with Crippen LogP contribution >= 0.6 is 0 Å². The van der Waals surface area contributed by atoms with Crippen LogP contribution in [-0.2, 0) is 0 Å². The van der Waals surface area contributed by atoms with Gasteiger partial charge in [0.2, 0.25) is 5.95 Å². The van der Waals surface area contributed by atoms with Crippen LogP contribution in [0.5, 0.6) is 0 Å². The van der Waals surface area contributed by atoms with Crippen LogP contribution in [0.25, 0.3) is 45.1 Å². The molecule has 9 heteroatoms. The van der Waals surface area contributed by atoms with Crippen molar-refractivity contribution >= 4 is 16.9 Å². The maximum atomic E-state index is 9.45. The van der Waals surface area contributed by atoms with Crippen LogP contribution in [0.3, 0.4) is 0 Å². The van der Waals surface area contributed by atoms with Crippen LogP contribution < -0.4 is 11.2 Å². The van der Waals surface area contributed by atoms with Crippen molar-refractivity contribution in [3.8, 4) is 40.1 Å². The van der Waals surface area contributed by atoms with Gasteiger partial charge in [-0.1, -0.05) is 78.9 Å². The van der Waals surface area contributed by atoms with Crippen molar-refractivity contribution < 1.29 is 0 Å².